The predicted octanol–water partition coefficient (Wildman–Crippen LogP) is 5.47. The van der Waals surface area contributed by atoms with Gasteiger partial charge in [0.2, 0.25) is 0 Å². The first-order valence-electron chi connectivity index (χ1n) is 9.19. The quantitative estimate of drug-likeness (QED) is 0.450. The zero-order valence-electron chi connectivity index (χ0n) is 15.5. The second-order valence-electron chi connectivity index (χ2n) is 6.87. The van der Waals surface area contributed by atoms with Gasteiger partial charge in [0.15, 0.2) is 11.6 Å². The molecule has 0 saturated carbocycles. The fraction of sp³-hybridized carbons (Fsp3) is 0.391. The second kappa shape index (κ2) is 8.75. The molecule has 0 saturated heterocycles. The van der Waals surface area contributed by atoms with Crippen LogP contribution in [0.4, 0.5) is 0 Å². The molecule has 0 aromatic heterocycles. The van der Waals surface area contributed by atoms with Gasteiger partial charge in [-0.15, -0.1) is 0 Å². The van der Waals surface area contributed by atoms with Gasteiger partial charge in [-0.05, 0) is 24.5 Å². The molecule has 0 N–H and O–H groups in total. The molecule has 0 aliphatic carbocycles. The van der Waals surface area contributed by atoms with Crippen molar-refractivity contribution in [2.24, 2.45) is 0 Å². The fourth-order valence-electron chi connectivity index (χ4n) is 3.32. The average molecular weight is 336 g/mol. The molecule has 0 bridgehead atoms. The van der Waals surface area contributed by atoms with Crippen LogP contribution in [-0.4, -0.2) is 11.6 Å². The summed E-state index contributed by atoms with van der Waals surface area (Å²) in [6.07, 6.45) is 3.36. The van der Waals surface area contributed by atoms with Crippen LogP contribution in [0.3, 0.4) is 0 Å². The third kappa shape index (κ3) is 4.25. The minimum atomic E-state index is -1.09. The van der Waals surface area contributed by atoms with E-state index in [1.54, 1.807) is 6.92 Å². The number of ketones is 2. The Balaban J connectivity index is 2.37. The van der Waals surface area contributed by atoms with Crippen molar-refractivity contribution in [3.63, 3.8) is 0 Å². The van der Waals surface area contributed by atoms with Crippen molar-refractivity contribution in [2.75, 3.05) is 0 Å². The first-order valence-corrected chi connectivity index (χ1v) is 9.19. The Morgan fingerprint density at radius 1 is 0.920 bits per heavy atom. The van der Waals surface area contributed by atoms with Gasteiger partial charge < -0.3 is 0 Å². The van der Waals surface area contributed by atoms with E-state index in [0.29, 0.717) is 6.42 Å². The highest BCUT2D eigenvalue weighted by atomic mass is 16.2. The molecule has 0 aliphatic rings. The first-order chi connectivity index (χ1) is 12.0. The summed E-state index contributed by atoms with van der Waals surface area (Å²) in [4.78, 5) is 26.5. The summed E-state index contributed by atoms with van der Waals surface area (Å²) in [5.74, 6) is -0.312. The molecule has 0 radical (unpaired) electrons. The molecule has 0 spiro atoms. The molecular formula is C23H28O2. The van der Waals surface area contributed by atoms with Gasteiger partial charge in [-0.25, -0.2) is 0 Å². The Morgan fingerprint density at radius 2 is 1.48 bits per heavy atom. The number of carbonyl (C=O) groups excluding carboxylic acids is 2. The van der Waals surface area contributed by atoms with Gasteiger partial charge in [0, 0.05) is 12.3 Å². The molecule has 2 atom stereocenters. The lowest BCUT2D eigenvalue weighted by molar-refractivity contribution is -0.135. The predicted molar refractivity (Wildman–Crippen MR) is 103 cm³/mol. The van der Waals surface area contributed by atoms with Crippen LogP contribution in [0.2, 0.25) is 0 Å². The Bertz CT molecular complexity index is 691. The monoisotopic (exact) mass is 336 g/mol. The second-order valence-corrected chi connectivity index (χ2v) is 6.87. The van der Waals surface area contributed by atoms with Gasteiger partial charge in [0.05, 0.1) is 0 Å². The lowest BCUT2D eigenvalue weighted by Gasteiger charge is -2.30. The van der Waals surface area contributed by atoms with Crippen molar-refractivity contribution in [2.45, 2.75) is 57.8 Å². The van der Waals surface area contributed by atoms with Crippen molar-refractivity contribution in [1.29, 1.82) is 0 Å². The summed E-state index contributed by atoms with van der Waals surface area (Å²) in [5.41, 5.74) is 0.657. The largest absolute Gasteiger partial charge is 0.298 e. The molecule has 132 valence electrons. The van der Waals surface area contributed by atoms with Crippen LogP contribution < -0.4 is 0 Å². The minimum absolute atomic E-state index is 0.0219. The summed E-state index contributed by atoms with van der Waals surface area (Å²) >= 11 is 0. The Labute approximate surface area is 151 Å². The van der Waals surface area contributed by atoms with Crippen molar-refractivity contribution < 1.29 is 9.59 Å². The number of carbonyl (C=O) groups is 2. The minimum Gasteiger partial charge on any atom is -0.298 e. The molecule has 0 aliphatic heterocycles. The van der Waals surface area contributed by atoms with E-state index in [-0.39, 0.29) is 17.5 Å². The number of Topliss-reactive ketones (excluding diaryl/α,β-unsaturated/α-hetero) is 2. The van der Waals surface area contributed by atoms with E-state index in [1.165, 1.54) is 0 Å². The Hall–Kier alpha value is -2.22. The molecular weight excluding hydrogens is 308 g/mol. The van der Waals surface area contributed by atoms with Crippen LogP contribution in [0.25, 0.3) is 0 Å². The van der Waals surface area contributed by atoms with E-state index in [0.717, 1.165) is 30.4 Å². The van der Waals surface area contributed by atoms with E-state index in [9.17, 15) is 9.59 Å². The van der Waals surface area contributed by atoms with Crippen molar-refractivity contribution >= 4 is 11.6 Å². The molecule has 2 rings (SSSR count). The number of benzene rings is 2. The molecule has 1 unspecified atom stereocenters. The SMILES string of the molecule is CCCCCC(=O)[C@](C)(C(=O)C(C)c1ccccc1)c1ccccc1. The standard InChI is InChI=1S/C23H28O2/c1-4-5-8-17-21(24)23(3,20-15-11-7-12-16-20)22(25)18(2)19-13-9-6-10-14-19/h6-7,9-16,18H,4-5,8,17H2,1-3H3/t18?,23-/m1/s1. The fourth-order valence-corrected chi connectivity index (χ4v) is 3.32. The zero-order chi connectivity index (χ0) is 18.3. The third-order valence-corrected chi connectivity index (χ3v) is 5.10. The normalized spacial score (nSPS) is 14.5. The van der Waals surface area contributed by atoms with E-state index in [4.69, 9.17) is 0 Å². The first kappa shape index (κ1) is 19.1. The van der Waals surface area contributed by atoms with E-state index >= 15 is 0 Å². The number of hydrogen-bond donors (Lipinski definition) is 0. The van der Waals surface area contributed by atoms with Crippen LogP contribution in [0.1, 0.15) is 63.5 Å². The summed E-state index contributed by atoms with van der Waals surface area (Å²) in [5, 5.41) is 0. The zero-order valence-corrected chi connectivity index (χ0v) is 15.5. The van der Waals surface area contributed by atoms with Gasteiger partial charge in [0.1, 0.15) is 5.41 Å². The molecule has 2 heteroatoms. The molecule has 0 heterocycles. The summed E-state index contributed by atoms with van der Waals surface area (Å²) in [6, 6.07) is 19.2. The van der Waals surface area contributed by atoms with E-state index in [1.807, 2.05) is 67.6 Å². The maximum Gasteiger partial charge on any atom is 0.157 e. The summed E-state index contributed by atoms with van der Waals surface area (Å²) in [7, 11) is 0. The molecule has 2 aromatic carbocycles. The van der Waals surface area contributed by atoms with Crippen molar-refractivity contribution in [3.05, 3.63) is 71.8 Å². The van der Waals surface area contributed by atoms with Gasteiger partial charge in [-0.1, -0.05) is 87.4 Å². The number of rotatable bonds is 9. The maximum atomic E-state index is 13.4. The van der Waals surface area contributed by atoms with Crippen LogP contribution in [0.15, 0.2) is 60.7 Å². The molecule has 2 aromatic rings. The highest BCUT2D eigenvalue weighted by Crippen LogP contribution is 2.34. The van der Waals surface area contributed by atoms with Gasteiger partial charge in [-0.3, -0.25) is 9.59 Å². The van der Waals surface area contributed by atoms with Crippen molar-refractivity contribution in [1.82, 2.24) is 0 Å². The molecule has 2 nitrogen and oxygen atoms in total. The molecule has 0 fully saturated rings. The lowest BCUT2D eigenvalue weighted by atomic mass is 9.69. The van der Waals surface area contributed by atoms with Crippen LogP contribution in [0, 0.1) is 0 Å². The van der Waals surface area contributed by atoms with Crippen LogP contribution >= 0.6 is 0 Å². The van der Waals surface area contributed by atoms with Gasteiger partial charge >= 0.3 is 0 Å². The lowest BCUT2D eigenvalue weighted by Crippen LogP contribution is -2.43. The topological polar surface area (TPSA) is 34.1 Å². The highest BCUT2D eigenvalue weighted by molar-refractivity contribution is 6.14. The van der Waals surface area contributed by atoms with Gasteiger partial charge in [0.25, 0.3) is 0 Å². The third-order valence-electron chi connectivity index (χ3n) is 5.10. The average Bonchev–Trinajstić information content (AvgIpc) is 2.67. The molecule has 25 heavy (non-hydrogen) atoms. The van der Waals surface area contributed by atoms with E-state index in [2.05, 4.69) is 6.92 Å². The van der Waals surface area contributed by atoms with E-state index < -0.39 is 5.41 Å². The van der Waals surface area contributed by atoms with Crippen LogP contribution in [-0.2, 0) is 15.0 Å². The summed E-state index contributed by atoms with van der Waals surface area (Å²) < 4.78 is 0. The highest BCUT2D eigenvalue weighted by Gasteiger charge is 2.43. The van der Waals surface area contributed by atoms with Gasteiger partial charge in [-0.2, -0.15) is 0 Å². The maximum absolute atomic E-state index is 13.4. The Morgan fingerprint density at radius 3 is 2.04 bits per heavy atom. The number of hydrogen-bond acceptors (Lipinski definition) is 2. The number of unbranched alkanes of at least 4 members (excludes halogenated alkanes) is 2. The van der Waals surface area contributed by atoms with Crippen LogP contribution in [0.5, 0.6) is 0 Å². The Kier molecular flexibility index (Phi) is 6.69. The summed E-state index contributed by atoms with van der Waals surface area (Å²) in [6.45, 7) is 5.82. The molecule has 0 amide bonds. The smallest absolute Gasteiger partial charge is 0.157 e. The van der Waals surface area contributed by atoms with Crippen molar-refractivity contribution in [3.8, 4) is 0 Å².